The second-order valence-corrected chi connectivity index (χ2v) is 3.82. The Hall–Kier alpha value is -1.53. The van der Waals surface area contributed by atoms with Gasteiger partial charge in [-0.3, -0.25) is 4.79 Å². The van der Waals surface area contributed by atoms with Gasteiger partial charge in [0.15, 0.2) is 0 Å². The van der Waals surface area contributed by atoms with Gasteiger partial charge in [0.1, 0.15) is 17.7 Å². The van der Waals surface area contributed by atoms with Crippen molar-refractivity contribution in [3.8, 4) is 0 Å². The summed E-state index contributed by atoms with van der Waals surface area (Å²) in [5, 5.41) is 0. The summed E-state index contributed by atoms with van der Waals surface area (Å²) in [5.74, 6) is -1.67. The lowest BCUT2D eigenvalue weighted by atomic mass is 10.0. The van der Waals surface area contributed by atoms with Gasteiger partial charge in [0.05, 0.1) is 13.2 Å². The number of carbonyl (C=O) groups excluding carboxylic acids is 1. The Kier molecular flexibility index (Phi) is 3.35. The van der Waals surface area contributed by atoms with Crippen LogP contribution in [0, 0.1) is 11.6 Å². The molecule has 2 N–H and O–H groups in total. The molecule has 17 heavy (non-hydrogen) atoms. The topological polar surface area (TPSA) is 50.4 Å². The van der Waals surface area contributed by atoms with E-state index in [2.05, 4.69) is 15.6 Å². The maximum absolute atomic E-state index is 13.5. The molecule has 0 aliphatic carbocycles. The Morgan fingerprint density at radius 3 is 2.82 bits per heavy atom. The van der Waals surface area contributed by atoms with Crippen LogP contribution in [0.4, 0.5) is 8.78 Å². The van der Waals surface area contributed by atoms with Crippen LogP contribution in [0.2, 0.25) is 0 Å². The van der Waals surface area contributed by atoms with Gasteiger partial charge in [0.25, 0.3) is 0 Å². The standard InChI is InChI=1S/C11H12F2N2O2/c1-17-11(16)10-5-9(14-15-10)7-3-2-6(12)4-8(7)13/h2-4,9-10,14-15H,5H2,1H3. The molecule has 1 aromatic carbocycles. The van der Waals surface area contributed by atoms with E-state index in [0.29, 0.717) is 12.0 Å². The maximum atomic E-state index is 13.5. The van der Waals surface area contributed by atoms with Crippen LogP contribution in [0.3, 0.4) is 0 Å². The lowest BCUT2D eigenvalue weighted by Crippen LogP contribution is -2.37. The molecule has 0 amide bonds. The molecule has 2 atom stereocenters. The van der Waals surface area contributed by atoms with Gasteiger partial charge >= 0.3 is 5.97 Å². The lowest BCUT2D eigenvalue weighted by molar-refractivity contribution is -0.142. The molecular weight excluding hydrogens is 230 g/mol. The monoisotopic (exact) mass is 242 g/mol. The van der Waals surface area contributed by atoms with Gasteiger partial charge in [-0.15, -0.1) is 0 Å². The number of nitrogens with one attached hydrogen (secondary N) is 2. The highest BCUT2D eigenvalue weighted by Crippen LogP contribution is 2.25. The SMILES string of the molecule is COC(=O)C1CC(c2ccc(F)cc2F)NN1. The normalized spacial score (nSPS) is 23.7. The molecule has 1 saturated heterocycles. The first kappa shape index (κ1) is 11.9. The zero-order chi connectivity index (χ0) is 12.4. The van der Waals surface area contributed by atoms with E-state index < -0.39 is 23.6 Å². The van der Waals surface area contributed by atoms with Gasteiger partial charge in [0.2, 0.25) is 0 Å². The fraction of sp³-hybridized carbons (Fsp3) is 0.364. The van der Waals surface area contributed by atoms with Gasteiger partial charge in [-0.1, -0.05) is 6.07 Å². The fourth-order valence-electron chi connectivity index (χ4n) is 1.84. The van der Waals surface area contributed by atoms with Crippen molar-refractivity contribution in [1.29, 1.82) is 0 Å². The van der Waals surface area contributed by atoms with E-state index in [-0.39, 0.29) is 6.04 Å². The summed E-state index contributed by atoms with van der Waals surface area (Å²) in [4.78, 5) is 11.3. The third kappa shape index (κ3) is 2.42. The number of ether oxygens (including phenoxy) is 1. The van der Waals surface area contributed by atoms with E-state index in [1.54, 1.807) is 0 Å². The molecule has 0 radical (unpaired) electrons. The van der Waals surface area contributed by atoms with Crippen LogP contribution in [0.5, 0.6) is 0 Å². The second-order valence-electron chi connectivity index (χ2n) is 3.82. The first-order chi connectivity index (χ1) is 8.11. The molecule has 0 spiro atoms. The Balaban J connectivity index is 2.12. The number of esters is 1. The first-order valence-corrected chi connectivity index (χ1v) is 5.15. The summed E-state index contributed by atoms with van der Waals surface area (Å²) in [5.41, 5.74) is 5.82. The molecule has 1 heterocycles. The Morgan fingerprint density at radius 2 is 2.18 bits per heavy atom. The number of methoxy groups -OCH3 is 1. The molecule has 1 aliphatic rings. The molecule has 2 rings (SSSR count). The van der Waals surface area contributed by atoms with Crippen LogP contribution >= 0.6 is 0 Å². The van der Waals surface area contributed by atoms with Crippen LogP contribution in [-0.2, 0) is 9.53 Å². The molecule has 6 heteroatoms. The molecule has 0 bridgehead atoms. The van der Waals surface area contributed by atoms with E-state index in [9.17, 15) is 13.6 Å². The zero-order valence-corrected chi connectivity index (χ0v) is 9.17. The predicted octanol–water partition coefficient (Wildman–Crippen LogP) is 1.05. The van der Waals surface area contributed by atoms with Gasteiger partial charge in [0, 0.05) is 11.6 Å². The number of hydrogen-bond acceptors (Lipinski definition) is 4. The third-order valence-corrected chi connectivity index (χ3v) is 2.73. The minimum absolute atomic E-state index is 0.324. The predicted molar refractivity (Wildman–Crippen MR) is 55.8 cm³/mol. The van der Waals surface area contributed by atoms with Crippen LogP contribution in [-0.4, -0.2) is 19.1 Å². The minimum atomic E-state index is -0.630. The molecular formula is C11H12F2N2O2. The Morgan fingerprint density at radius 1 is 1.41 bits per heavy atom. The molecule has 0 aromatic heterocycles. The van der Waals surface area contributed by atoms with Gasteiger partial charge in [-0.25, -0.2) is 19.6 Å². The van der Waals surface area contributed by atoms with Crippen LogP contribution < -0.4 is 10.9 Å². The number of rotatable bonds is 2. The van der Waals surface area contributed by atoms with E-state index in [1.165, 1.54) is 19.2 Å². The Bertz CT molecular complexity index is 439. The van der Waals surface area contributed by atoms with E-state index in [0.717, 1.165) is 6.07 Å². The van der Waals surface area contributed by atoms with Crippen molar-refractivity contribution in [3.63, 3.8) is 0 Å². The van der Waals surface area contributed by atoms with Gasteiger partial charge in [-0.05, 0) is 12.5 Å². The highest BCUT2D eigenvalue weighted by atomic mass is 19.1. The smallest absolute Gasteiger partial charge is 0.324 e. The molecule has 2 unspecified atom stereocenters. The average molecular weight is 242 g/mol. The zero-order valence-electron chi connectivity index (χ0n) is 9.17. The number of hydrazine groups is 1. The van der Waals surface area contributed by atoms with Crippen molar-refractivity contribution in [2.45, 2.75) is 18.5 Å². The highest BCUT2D eigenvalue weighted by molar-refractivity contribution is 5.76. The number of halogens is 2. The lowest BCUT2D eigenvalue weighted by Gasteiger charge is -2.10. The Labute approximate surface area is 96.9 Å². The van der Waals surface area contributed by atoms with Crippen LogP contribution in [0.15, 0.2) is 18.2 Å². The van der Waals surface area contributed by atoms with Crippen molar-refractivity contribution in [3.05, 3.63) is 35.4 Å². The maximum Gasteiger partial charge on any atom is 0.324 e. The van der Waals surface area contributed by atoms with E-state index in [4.69, 9.17) is 0 Å². The largest absolute Gasteiger partial charge is 0.468 e. The van der Waals surface area contributed by atoms with Crippen molar-refractivity contribution in [2.75, 3.05) is 7.11 Å². The molecule has 4 nitrogen and oxygen atoms in total. The third-order valence-electron chi connectivity index (χ3n) is 2.73. The summed E-state index contributed by atoms with van der Waals surface area (Å²) >= 11 is 0. The summed E-state index contributed by atoms with van der Waals surface area (Å²) in [6.45, 7) is 0. The summed E-state index contributed by atoms with van der Waals surface area (Å²) < 4.78 is 30.8. The quantitative estimate of drug-likeness (QED) is 0.761. The molecule has 1 aromatic rings. The molecule has 92 valence electrons. The summed E-state index contributed by atoms with van der Waals surface area (Å²) in [7, 11) is 1.29. The summed E-state index contributed by atoms with van der Waals surface area (Å²) in [6.07, 6.45) is 0.356. The van der Waals surface area contributed by atoms with Gasteiger partial charge in [-0.2, -0.15) is 0 Å². The molecule has 1 fully saturated rings. The van der Waals surface area contributed by atoms with Crippen molar-refractivity contribution in [1.82, 2.24) is 10.9 Å². The molecule has 1 aliphatic heterocycles. The van der Waals surface area contributed by atoms with Crippen LogP contribution in [0.1, 0.15) is 18.0 Å². The highest BCUT2D eigenvalue weighted by Gasteiger charge is 2.32. The van der Waals surface area contributed by atoms with Crippen molar-refractivity contribution < 1.29 is 18.3 Å². The summed E-state index contributed by atoms with van der Waals surface area (Å²) in [6, 6.07) is 2.48. The molecule has 0 saturated carbocycles. The number of hydrogen-bond donors (Lipinski definition) is 2. The number of benzene rings is 1. The van der Waals surface area contributed by atoms with Gasteiger partial charge < -0.3 is 4.74 Å². The number of carbonyl (C=O) groups is 1. The first-order valence-electron chi connectivity index (χ1n) is 5.15. The van der Waals surface area contributed by atoms with E-state index >= 15 is 0 Å². The van der Waals surface area contributed by atoms with Crippen molar-refractivity contribution in [2.24, 2.45) is 0 Å². The average Bonchev–Trinajstić information content (AvgIpc) is 2.77. The fourth-order valence-corrected chi connectivity index (χ4v) is 1.84. The minimum Gasteiger partial charge on any atom is -0.468 e. The van der Waals surface area contributed by atoms with Crippen molar-refractivity contribution >= 4 is 5.97 Å². The van der Waals surface area contributed by atoms with E-state index in [1.807, 2.05) is 0 Å². The second kappa shape index (κ2) is 4.77. The van der Waals surface area contributed by atoms with Crippen LogP contribution in [0.25, 0.3) is 0 Å².